The fourth-order valence-electron chi connectivity index (χ4n) is 2.08. The van der Waals surface area contributed by atoms with E-state index < -0.39 is 0 Å². The van der Waals surface area contributed by atoms with Crippen molar-refractivity contribution in [3.63, 3.8) is 0 Å². The molecule has 21 heavy (non-hydrogen) atoms. The van der Waals surface area contributed by atoms with E-state index in [1.165, 1.54) is 15.8 Å². The summed E-state index contributed by atoms with van der Waals surface area (Å²) in [5.41, 5.74) is 2.36. The SMILES string of the molecule is CN(C)/C=N/c1nccc2scc(-c3ccc(Br)cc3)c12. The molecule has 0 aliphatic carbocycles. The number of thiophene rings is 1. The number of rotatable bonds is 3. The first-order chi connectivity index (χ1) is 10.1. The van der Waals surface area contributed by atoms with E-state index in [1.54, 1.807) is 17.7 Å². The van der Waals surface area contributed by atoms with Gasteiger partial charge in [0.25, 0.3) is 0 Å². The molecule has 2 aromatic heterocycles. The van der Waals surface area contributed by atoms with Crippen molar-refractivity contribution in [2.75, 3.05) is 14.1 Å². The van der Waals surface area contributed by atoms with Crippen molar-refractivity contribution < 1.29 is 0 Å². The predicted octanol–water partition coefficient (Wildman–Crippen LogP) is 4.95. The van der Waals surface area contributed by atoms with Gasteiger partial charge in [0.1, 0.15) is 0 Å². The first-order valence-corrected chi connectivity index (χ1v) is 8.15. The Bertz CT molecular complexity index is 791. The molecule has 0 spiro atoms. The molecule has 3 nitrogen and oxygen atoms in total. The Balaban J connectivity index is 2.17. The quantitative estimate of drug-likeness (QED) is 0.489. The fraction of sp³-hybridized carbons (Fsp3) is 0.125. The van der Waals surface area contributed by atoms with Crippen LogP contribution < -0.4 is 0 Å². The van der Waals surface area contributed by atoms with E-state index in [9.17, 15) is 0 Å². The largest absolute Gasteiger partial charge is 0.369 e. The molecule has 0 atom stereocenters. The number of halogens is 1. The van der Waals surface area contributed by atoms with Gasteiger partial charge >= 0.3 is 0 Å². The molecule has 0 bridgehead atoms. The van der Waals surface area contributed by atoms with Gasteiger partial charge in [0.2, 0.25) is 0 Å². The first-order valence-electron chi connectivity index (χ1n) is 6.48. The zero-order chi connectivity index (χ0) is 14.8. The second kappa shape index (κ2) is 5.95. The lowest BCUT2D eigenvalue weighted by atomic mass is 10.1. The summed E-state index contributed by atoms with van der Waals surface area (Å²) in [6.07, 6.45) is 3.59. The Kier molecular flexibility index (Phi) is 4.03. The van der Waals surface area contributed by atoms with Crippen LogP contribution in [0.4, 0.5) is 5.82 Å². The van der Waals surface area contributed by atoms with Gasteiger partial charge in [0.15, 0.2) is 5.82 Å². The number of aliphatic imine (C=N–C) groups is 1. The molecule has 0 saturated carbocycles. The van der Waals surface area contributed by atoms with E-state index in [2.05, 4.69) is 55.6 Å². The van der Waals surface area contributed by atoms with Crippen LogP contribution in [0.1, 0.15) is 0 Å². The fourth-order valence-corrected chi connectivity index (χ4v) is 3.30. The zero-order valence-corrected chi connectivity index (χ0v) is 14.1. The summed E-state index contributed by atoms with van der Waals surface area (Å²) in [7, 11) is 3.90. The van der Waals surface area contributed by atoms with E-state index in [0.717, 1.165) is 15.7 Å². The molecule has 0 fully saturated rings. The predicted molar refractivity (Wildman–Crippen MR) is 94.6 cm³/mol. The molecule has 1 aromatic carbocycles. The van der Waals surface area contributed by atoms with Crippen molar-refractivity contribution in [3.05, 3.63) is 46.4 Å². The summed E-state index contributed by atoms with van der Waals surface area (Å²) in [6, 6.07) is 10.4. The maximum Gasteiger partial charge on any atom is 0.162 e. The number of nitrogens with zero attached hydrogens (tertiary/aromatic N) is 3. The standard InChI is InChI=1S/C16H14BrN3S/c1-20(2)10-19-16-15-13(9-21-14(15)7-8-18-16)11-3-5-12(17)6-4-11/h3-10H,1-2H3/b19-10+. The van der Waals surface area contributed by atoms with Crippen molar-refractivity contribution in [1.29, 1.82) is 0 Å². The Labute approximate surface area is 136 Å². The van der Waals surface area contributed by atoms with Gasteiger partial charge in [-0.3, -0.25) is 0 Å². The molecule has 106 valence electrons. The number of hydrogen-bond donors (Lipinski definition) is 0. The van der Waals surface area contributed by atoms with Crippen molar-refractivity contribution in [1.82, 2.24) is 9.88 Å². The van der Waals surface area contributed by atoms with E-state index in [1.807, 2.05) is 31.3 Å². The molecule has 0 aliphatic rings. The summed E-state index contributed by atoms with van der Waals surface area (Å²) in [6.45, 7) is 0. The Morgan fingerprint density at radius 3 is 2.67 bits per heavy atom. The minimum absolute atomic E-state index is 0.764. The topological polar surface area (TPSA) is 28.5 Å². The molecule has 0 radical (unpaired) electrons. The third-order valence-corrected chi connectivity index (χ3v) is 4.51. The lowest BCUT2D eigenvalue weighted by Gasteiger charge is -2.05. The van der Waals surface area contributed by atoms with Gasteiger partial charge in [0, 0.05) is 40.4 Å². The number of aromatic nitrogens is 1. The molecular weight excluding hydrogens is 346 g/mol. The smallest absolute Gasteiger partial charge is 0.162 e. The Hall–Kier alpha value is -1.72. The van der Waals surface area contributed by atoms with Gasteiger partial charge in [0.05, 0.1) is 6.34 Å². The molecule has 3 aromatic rings. The summed E-state index contributed by atoms with van der Waals surface area (Å²) >= 11 is 5.20. The highest BCUT2D eigenvalue weighted by molar-refractivity contribution is 9.10. The molecule has 2 heterocycles. The normalized spacial score (nSPS) is 11.4. The van der Waals surface area contributed by atoms with Crippen molar-refractivity contribution in [3.8, 4) is 11.1 Å². The van der Waals surface area contributed by atoms with Crippen LogP contribution in [0, 0.1) is 0 Å². The summed E-state index contributed by atoms with van der Waals surface area (Å²) < 4.78 is 2.28. The molecule has 0 aliphatic heterocycles. The van der Waals surface area contributed by atoms with Gasteiger partial charge in [-0.15, -0.1) is 11.3 Å². The van der Waals surface area contributed by atoms with Crippen molar-refractivity contribution in [2.24, 2.45) is 4.99 Å². The molecule has 0 N–H and O–H groups in total. The third kappa shape index (κ3) is 2.99. The van der Waals surface area contributed by atoms with Crippen LogP contribution >= 0.6 is 27.3 Å². The molecule has 3 rings (SSSR count). The average Bonchev–Trinajstić information content (AvgIpc) is 2.90. The number of hydrogen-bond acceptors (Lipinski definition) is 3. The van der Waals surface area contributed by atoms with Crippen LogP contribution in [0.25, 0.3) is 21.2 Å². The minimum Gasteiger partial charge on any atom is -0.369 e. The first kappa shape index (κ1) is 14.2. The van der Waals surface area contributed by atoms with Gasteiger partial charge in [-0.2, -0.15) is 0 Å². The molecular formula is C16H14BrN3S. The van der Waals surface area contributed by atoms with Crippen LogP contribution in [0.5, 0.6) is 0 Å². The van der Waals surface area contributed by atoms with E-state index in [-0.39, 0.29) is 0 Å². The van der Waals surface area contributed by atoms with Crippen LogP contribution in [-0.4, -0.2) is 30.3 Å². The summed E-state index contributed by atoms with van der Waals surface area (Å²) in [4.78, 5) is 10.8. The molecule has 0 saturated heterocycles. The van der Waals surface area contributed by atoms with Gasteiger partial charge in [-0.1, -0.05) is 28.1 Å². The zero-order valence-electron chi connectivity index (χ0n) is 11.7. The van der Waals surface area contributed by atoms with Gasteiger partial charge in [-0.25, -0.2) is 9.98 Å². The molecule has 0 unspecified atom stereocenters. The summed E-state index contributed by atoms with van der Waals surface area (Å²) in [5.74, 6) is 0.764. The van der Waals surface area contributed by atoms with E-state index in [0.29, 0.717) is 0 Å². The van der Waals surface area contributed by atoms with E-state index in [4.69, 9.17) is 0 Å². The van der Waals surface area contributed by atoms with Gasteiger partial charge in [-0.05, 0) is 29.1 Å². The van der Waals surface area contributed by atoms with Crippen LogP contribution in [0.15, 0.2) is 51.4 Å². The monoisotopic (exact) mass is 359 g/mol. The maximum atomic E-state index is 4.50. The van der Waals surface area contributed by atoms with Crippen molar-refractivity contribution >= 4 is 49.5 Å². The lowest BCUT2D eigenvalue weighted by Crippen LogP contribution is -2.07. The van der Waals surface area contributed by atoms with Crippen LogP contribution in [0.3, 0.4) is 0 Å². The molecule has 5 heteroatoms. The van der Waals surface area contributed by atoms with E-state index >= 15 is 0 Å². The maximum absolute atomic E-state index is 4.50. The van der Waals surface area contributed by atoms with Crippen molar-refractivity contribution in [2.45, 2.75) is 0 Å². The lowest BCUT2D eigenvalue weighted by molar-refractivity contribution is 0.643. The molecule has 0 amide bonds. The highest BCUT2D eigenvalue weighted by Crippen LogP contribution is 2.38. The third-order valence-electron chi connectivity index (χ3n) is 3.03. The number of pyridine rings is 1. The second-order valence-electron chi connectivity index (χ2n) is 4.87. The minimum atomic E-state index is 0.764. The highest BCUT2D eigenvalue weighted by Gasteiger charge is 2.11. The highest BCUT2D eigenvalue weighted by atomic mass is 79.9. The Morgan fingerprint density at radius 2 is 1.95 bits per heavy atom. The van der Waals surface area contributed by atoms with Gasteiger partial charge < -0.3 is 4.90 Å². The van der Waals surface area contributed by atoms with Crippen LogP contribution in [-0.2, 0) is 0 Å². The number of fused-ring (bicyclic) bond motifs is 1. The van der Waals surface area contributed by atoms with Crippen LogP contribution in [0.2, 0.25) is 0 Å². The second-order valence-corrected chi connectivity index (χ2v) is 6.70. The Morgan fingerprint density at radius 1 is 1.19 bits per heavy atom. The number of benzene rings is 1. The average molecular weight is 360 g/mol. The summed E-state index contributed by atoms with van der Waals surface area (Å²) in [5, 5.41) is 3.28.